The Morgan fingerprint density at radius 1 is 0.543 bits per heavy atom. The van der Waals surface area contributed by atoms with Crippen molar-refractivity contribution in [3.63, 3.8) is 0 Å². The first-order chi connectivity index (χ1) is 43.9. The molecule has 22 nitrogen and oxygen atoms in total. The van der Waals surface area contributed by atoms with E-state index >= 15 is 8.78 Å². The fourth-order valence-electron chi connectivity index (χ4n) is 11.7. The summed E-state index contributed by atoms with van der Waals surface area (Å²) in [6, 6.07) is 20.2. The lowest BCUT2D eigenvalue weighted by Crippen LogP contribution is -2.29. The molecule has 2 saturated heterocycles. The number of nitrogens with one attached hydrogen (secondary N) is 2. The van der Waals surface area contributed by atoms with E-state index < -0.39 is 34.9 Å². The second-order valence-corrected chi connectivity index (χ2v) is 25.7. The molecule has 10 heterocycles. The predicted molar refractivity (Wildman–Crippen MR) is 350 cm³/mol. The molecule has 0 amide bonds. The summed E-state index contributed by atoms with van der Waals surface area (Å²) in [6.45, 7) is 15.4. The molecule has 0 bridgehead atoms. The van der Waals surface area contributed by atoms with Crippen LogP contribution in [0.25, 0.3) is 55.7 Å². The highest BCUT2D eigenvalue weighted by Crippen LogP contribution is 2.34. The number of fused-ring (bicyclic) bond motifs is 2. The number of piperidine rings is 2. The van der Waals surface area contributed by atoms with Crippen LogP contribution in [0.4, 0.5) is 31.8 Å². The maximum Gasteiger partial charge on any atom is 0.290 e. The molecule has 2 fully saturated rings. The number of anilines is 4. The fraction of sp³-hybridized carbons (Fsp3) is 0.338. The number of aryl methyl sites for hydroxylation is 2. The van der Waals surface area contributed by atoms with Gasteiger partial charge in [-0.1, -0.05) is 53.7 Å². The van der Waals surface area contributed by atoms with E-state index in [-0.39, 0.29) is 67.0 Å². The van der Waals surface area contributed by atoms with Crippen LogP contribution in [0.1, 0.15) is 117 Å². The van der Waals surface area contributed by atoms with Crippen molar-refractivity contribution in [2.24, 2.45) is 14.1 Å². The number of hydrogen-bond acceptors (Lipinski definition) is 18. The lowest BCUT2D eigenvalue weighted by Gasteiger charge is -2.29. The Bertz CT molecular complexity index is 4710. The molecule has 0 radical (unpaired) electrons. The van der Waals surface area contributed by atoms with Gasteiger partial charge in [-0.05, 0) is 172 Å². The Morgan fingerprint density at radius 2 is 0.967 bits per heavy atom. The Morgan fingerprint density at radius 3 is 1.38 bits per heavy atom. The molecule has 2 aromatic carbocycles. The minimum Gasteiger partial charge on any atom is -0.392 e. The third-order valence-corrected chi connectivity index (χ3v) is 17.2. The normalized spacial score (nSPS) is 14.5. The van der Waals surface area contributed by atoms with Gasteiger partial charge in [-0.25, -0.2) is 38.1 Å². The number of aldehydes is 1. The molecule has 8 aromatic heterocycles. The lowest BCUT2D eigenvalue weighted by atomic mass is 9.86. The number of nitrogens with zero attached hydrogens (tertiary/aromatic N) is 14. The van der Waals surface area contributed by atoms with Gasteiger partial charge in [-0.3, -0.25) is 24.0 Å². The first-order valence-electron chi connectivity index (χ1n) is 30.4. The van der Waals surface area contributed by atoms with Crippen LogP contribution in [0.3, 0.4) is 0 Å². The van der Waals surface area contributed by atoms with Gasteiger partial charge in [0.2, 0.25) is 0 Å². The van der Waals surface area contributed by atoms with E-state index in [1.54, 1.807) is 30.3 Å². The smallest absolute Gasteiger partial charge is 0.290 e. The van der Waals surface area contributed by atoms with Gasteiger partial charge in [0.05, 0.1) is 46.7 Å². The number of aliphatic hydroxyl groups is 1. The maximum atomic E-state index is 15.3. The summed E-state index contributed by atoms with van der Waals surface area (Å²) in [5.41, 5.74) is 2.90. The molecule has 0 aliphatic carbocycles. The van der Waals surface area contributed by atoms with Crippen LogP contribution in [-0.4, -0.2) is 121 Å². The molecule has 24 heteroatoms. The predicted octanol–water partition coefficient (Wildman–Crippen LogP) is 9.16. The molecule has 0 saturated carbocycles. The van der Waals surface area contributed by atoms with Crippen LogP contribution in [0.2, 0.25) is 0 Å². The molecule has 2 aliphatic rings. The number of aliphatic hydroxyl groups excluding tert-OH is 1. The van der Waals surface area contributed by atoms with Crippen molar-refractivity contribution >= 4 is 50.8 Å². The minimum atomic E-state index is -0.756. The number of aromatic nitrogens is 12. The Labute approximate surface area is 528 Å². The number of halogens is 2. The molecule has 0 spiro atoms. The molecule has 92 heavy (non-hydrogen) atoms. The first-order valence-corrected chi connectivity index (χ1v) is 30.4. The quantitative estimate of drug-likeness (QED) is 0.0963. The fourth-order valence-corrected chi connectivity index (χ4v) is 11.7. The lowest BCUT2D eigenvalue weighted by molar-refractivity contribution is 0.112. The van der Waals surface area contributed by atoms with Crippen LogP contribution in [0.5, 0.6) is 0 Å². The van der Waals surface area contributed by atoms with Crippen molar-refractivity contribution in [1.82, 2.24) is 68.9 Å². The van der Waals surface area contributed by atoms with E-state index in [1.165, 1.54) is 67.3 Å². The van der Waals surface area contributed by atoms with E-state index in [4.69, 9.17) is 0 Å². The monoisotopic (exact) mass is 1250 g/mol. The molecular weight excluding hydrogens is 1170 g/mol. The first kappa shape index (κ1) is 63.7. The second-order valence-electron chi connectivity index (χ2n) is 25.7. The van der Waals surface area contributed by atoms with Crippen LogP contribution < -0.4 is 32.9 Å². The van der Waals surface area contributed by atoms with E-state index in [2.05, 4.69) is 74.9 Å². The summed E-state index contributed by atoms with van der Waals surface area (Å²) >= 11 is 0. The highest BCUT2D eigenvalue weighted by Gasteiger charge is 2.26. The molecule has 0 unspecified atom stereocenters. The zero-order chi connectivity index (χ0) is 65.5. The number of benzene rings is 2. The SMILES string of the molecule is CN1CCC(c2ccc(Nc3cc(-c4ccnc(-n5ncc6cc(C(C)(C)C)cc(F)c6c5=O)c4C=O)nn(C)c3=O)nc2)CC1.CN1CCC(c2ccc(Nc3cc(-c4ccnc(-n5ncc6cc(C(C)(C)C)cc(F)c6c5=O)c4CO)nn(C)c3=O)nc2)CC1. The maximum absolute atomic E-state index is 15.3. The van der Waals surface area contributed by atoms with Crippen molar-refractivity contribution in [3.8, 4) is 34.2 Å². The van der Waals surface area contributed by atoms with E-state index in [0.717, 1.165) is 82.6 Å². The van der Waals surface area contributed by atoms with Crippen molar-refractivity contribution in [1.29, 1.82) is 0 Å². The van der Waals surface area contributed by atoms with Crippen molar-refractivity contribution in [2.75, 3.05) is 50.9 Å². The summed E-state index contributed by atoms with van der Waals surface area (Å²) in [5, 5.41) is 34.5. The Hall–Kier alpha value is -9.91. The van der Waals surface area contributed by atoms with E-state index in [1.807, 2.05) is 78.2 Å². The van der Waals surface area contributed by atoms with Gasteiger partial charge in [0.25, 0.3) is 22.2 Å². The van der Waals surface area contributed by atoms with Crippen molar-refractivity contribution in [2.45, 2.75) is 96.5 Å². The summed E-state index contributed by atoms with van der Waals surface area (Å²) in [6.07, 6.45) is 14.2. The average molecular weight is 1250 g/mol. The van der Waals surface area contributed by atoms with Gasteiger partial charge < -0.3 is 25.5 Å². The van der Waals surface area contributed by atoms with Gasteiger partial charge in [0, 0.05) is 66.3 Å². The number of pyridine rings is 4. The van der Waals surface area contributed by atoms with Crippen molar-refractivity contribution < 1.29 is 18.7 Å². The number of carbonyl (C=O) groups is 1. The summed E-state index contributed by atoms with van der Waals surface area (Å²) in [4.78, 5) is 88.2. The number of carbonyl (C=O) groups excluding carboxylic acids is 1. The minimum absolute atomic E-state index is 0.000809. The molecule has 3 N–H and O–H groups in total. The highest BCUT2D eigenvalue weighted by molar-refractivity contribution is 5.91. The number of hydrogen-bond donors (Lipinski definition) is 3. The largest absolute Gasteiger partial charge is 0.392 e. The summed E-state index contributed by atoms with van der Waals surface area (Å²) in [7, 11) is 7.28. The summed E-state index contributed by atoms with van der Waals surface area (Å²) < 4.78 is 34.9. The standard InChI is InChI=1S/C34H37FN8O3.C34H35FN8O3/c2*1-34(2,3)23-14-22-18-38-43(33(46)30(22)26(35)15-23)31-25(19-44)24(8-11-36-31)27-16-28(32(45)42(5)40-27)39-29-7-6-21(17-37-29)20-9-12-41(4)13-10-20/h6-8,11,14-18,20,44H,9-10,12-13,19H2,1-5H3,(H,37,39);6-8,11,14-20H,9-10,12-13H2,1-5H3,(H,37,39). The van der Waals surface area contributed by atoms with E-state index in [0.29, 0.717) is 57.4 Å². The molecular formula is C68H72F2N16O6. The van der Waals surface area contributed by atoms with Gasteiger partial charge in [0.1, 0.15) is 34.6 Å². The van der Waals surface area contributed by atoms with Gasteiger partial charge in [0.15, 0.2) is 17.9 Å². The van der Waals surface area contributed by atoms with Gasteiger partial charge in [-0.15, -0.1) is 0 Å². The molecule has 12 rings (SSSR count). The third kappa shape index (κ3) is 13.0. The third-order valence-electron chi connectivity index (χ3n) is 17.2. The molecule has 474 valence electrons. The molecule has 0 atom stereocenters. The van der Waals surface area contributed by atoms with Gasteiger partial charge >= 0.3 is 0 Å². The second kappa shape index (κ2) is 25.8. The van der Waals surface area contributed by atoms with Crippen LogP contribution >= 0.6 is 0 Å². The van der Waals surface area contributed by atoms with Crippen molar-refractivity contribution in [3.05, 3.63) is 196 Å². The Kier molecular flexibility index (Phi) is 17.8. The highest BCUT2D eigenvalue weighted by atomic mass is 19.1. The zero-order valence-corrected chi connectivity index (χ0v) is 53.0. The number of likely N-dealkylation sites (tertiary alicyclic amines) is 2. The number of rotatable bonds is 12. The average Bonchev–Trinajstić information content (AvgIpc) is 0.785. The zero-order valence-electron chi connectivity index (χ0n) is 53.0. The topological polar surface area (TPSA) is 259 Å². The van der Waals surface area contributed by atoms with Gasteiger partial charge in [-0.2, -0.15) is 29.8 Å². The molecule has 2 aliphatic heterocycles. The summed E-state index contributed by atoms with van der Waals surface area (Å²) in [5.74, 6) is 0.496. The van der Waals surface area contributed by atoms with Crippen LogP contribution in [-0.2, 0) is 31.5 Å². The van der Waals surface area contributed by atoms with Crippen LogP contribution in [0.15, 0.2) is 129 Å². The molecule has 10 aromatic rings. The Balaban J connectivity index is 0.000000188. The van der Waals surface area contributed by atoms with E-state index in [9.17, 15) is 29.1 Å². The van der Waals surface area contributed by atoms with Crippen LogP contribution in [0, 0.1) is 11.6 Å².